The molecule has 2 aromatic heterocycles. The van der Waals surface area contributed by atoms with E-state index in [4.69, 9.17) is 5.73 Å². The Kier molecular flexibility index (Phi) is 6.52. The smallest absolute Gasteiger partial charge is 0.251 e. The van der Waals surface area contributed by atoms with Crippen molar-refractivity contribution in [3.8, 4) is 17.1 Å². The molecule has 0 aliphatic rings. The number of carbonyl (C=O) groups is 2. The topological polar surface area (TPSA) is 103 Å². The van der Waals surface area contributed by atoms with Crippen molar-refractivity contribution in [1.82, 2.24) is 14.8 Å². The number of rotatable bonds is 7. The van der Waals surface area contributed by atoms with Gasteiger partial charge in [0.1, 0.15) is 16.6 Å². The summed E-state index contributed by atoms with van der Waals surface area (Å²) in [6.07, 6.45) is 0. The lowest BCUT2D eigenvalue weighted by atomic mass is 10.2. The van der Waals surface area contributed by atoms with Crippen LogP contribution in [0.1, 0.15) is 17.3 Å². The number of nitrogens with one attached hydrogen (secondary N) is 1. The molecule has 4 rings (SSSR count). The first-order chi connectivity index (χ1) is 15.8. The van der Waals surface area contributed by atoms with Crippen molar-refractivity contribution in [2.75, 3.05) is 5.32 Å². The number of thioether (sulfide) groups is 1. The summed E-state index contributed by atoms with van der Waals surface area (Å²) in [5.74, 6) is -2.22. The zero-order valence-corrected chi connectivity index (χ0v) is 18.8. The standard InChI is InChI=1S/C22H17F2N5O2S2/c1-12(20(31)26-21-15(18(25)30)9-10-32-21)33-22-28-27-19(13-5-3-2-4-6-13)29(22)17-8-7-14(23)11-16(17)24/h2-12H,1H3,(H2,25,30)(H,26,31). The zero-order valence-electron chi connectivity index (χ0n) is 17.2. The SMILES string of the molecule is CC(Sc1nnc(-c2ccccc2)n1-c1ccc(F)cc1F)C(=O)Nc1sccc1C(N)=O. The van der Waals surface area contributed by atoms with Crippen molar-refractivity contribution >= 4 is 39.9 Å². The highest BCUT2D eigenvalue weighted by Gasteiger charge is 2.24. The normalized spacial score (nSPS) is 11.8. The molecule has 7 nitrogen and oxygen atoms in total. The lowest BCUT2D eigenvalue weighted by Crippen LogP contribution is -2.24. The van der Waals surface area contributed by atoms with E-state index in [0.717, 1.165) is 23.9 Å². The molecule has 0 fully saturated rings. The van der Waals surface area contributed by atoms with Crippen molar-refractivity contribution in [2.24, 2.45) is 5.73 Å². The van der Waals surface area contributed by atoms with E-state index in [9.17, 15) is 18.4 Å². The second kappa shape index (κ2) is 9.51. The van der Waals surface area contributed by atoms with Crippen LogP contribution in [-0.4, -0.2) is 31.8 Å². The molecule has 2 aromatic carbocycles. The van der Waals surface area contributed by atoms with Crippen LogP contribution in [0, 0.1) is 11.6 Å². The molecule has 3 N–H and O–H groups in total. The van der Waals surface area contributed by atoms with E-state index in [1.807, 2.05) is 6.07 Å². The number of nitrogens with zero attached hydrogens (tertiary/aromatic N) is 3. The van der Waals surface area contributed by atoms with Crippen LogP contribution in [0.5, 0.6) is 0 Å². The Morgan fingerprint density at radius 2 is 1.88 bits per heavy atom. The predicted molar refractivity (Wildman–Crippen MR) is 123 cm³/mol. The lowest BCUT2D eigenvalue weighted by molar-refractivity contribution is -0.115. The van der Waals surface area contributed by atoms with Gasteiger partial charge in [0.05, 0.1) is 16.5 Å². The molecule has 168 valence electrons. The number of hydrogen-bond acceptors (Lipinski definition) is 6. The molecule has 1 unspecified atom stereocenters. The van der Waals surface area contributed by atoms with Crippen LogP contribution in [0.3, 0.4) is 0 Å². The van der Waals surface area contributed by atoms with Gasteiger partial charge in [-0.3, -0.25) is 14.2 Å². The minimum atomic E-state index is -0.796. The number of anilines is 1. The summed E-state index contributed by atoms with van der Waals surface area (Å²) >= 11 is 2.22. The number of nitrogens with two attached hydrogens (primary N) is 1. The van der Waals surface area contributed by atoms with Gasteiger partial charge in [-0.05, 0) is 30.5 Å². The van der Waals surface area contributed by atoms with E-state index in [0.29, 0.717) is 16.4 Å². The Bertz CT molecular complexity index is 1320. The number of carbonyl (C=O) groups excluding carboxylic acids is 2. The van der Waals surface area contributed by atoms with E-state index in [1.165, 1.54) is 28.0 Å². The Morgan fingerprint density at radius 1 is 1.12 bits per heavy atom. The van der Waals surface area contributed by atoms with Gasteiger partial charge in [0.15, 0.2) is 11.0 Å². The minimum Gasteiger partial charge on any atom is -0.366 e. The van der Waals surface area contributed by atoms with Crippen LogP contribution >= 0.6 is 23.1 Å². The van der Waals surface area contributed by atoms with Crippen LogP contribution in [-0.2, 0) is 4.79 Å². The highest BCUT2D eigenvalue weighted by Crippen LogP contribution is 2.32. The minimum absolute atomic E-state index is 0.0460. The summed E-state index contributed by atoms with van der Waals surface area (Å²) in [7, 11) is 0. The highest BCUT2D eigenvalue weighted by molar-refractivity contribution is 8.00. The third kappa shape index (κ3) is 4.78. The molecule has 1 atom stereocenters. The highest BCUT2D eigenvalue weighted by atomic mass is 32.2. The molecule has 33 heavy (non-hydrogen) atoms. The molecular weight excluding hydrogens is 468 g/mol. The average Bonchev–Trinajstić information content (AvgIpc) is 3.42. The van der Waals surface area contributed by atoms with E-state index < -0.39 is 28.7 Å². The summed E-state index contributed by atoms with van der Waals surface area (Å²) in [5.41, 5.74) is 6.26. The number of halogens is 2. The second-order valence-electron chi connectivity index (χ2n) is 6.88. The molecule has 0 radical (unpaired) electrons. The first-order valence-electron chi connectivity index (χ1n) is 9.66. The average molecular weight is 486 g/mol. The molecule has 0 spiro atoms. The summed E-state index contributed by atoms with van der Waals surface area (Å²) < 4.78 is 29.7. The Labute approximate surface area is 195 Å². The van der Waals surface area contributed by atoms with Crippen molar-refractivity contribution < 1.29 is 18.4 Å². The van der Waals surface area contributed by atoms with E-state index in [1.54, 1.807) is 36.6 Å². The maximum atomic E-state index is 14.7. The number of benzene rings is 2. The van der Waals surface area contributed by atoms with Crippen LogP contribution in [0.4, 0.5) is 13.8 Å². The van der Waals surface area contributed by atoms with Crippen LogP contribution in [0.2, 0.25) is 0 Å². The quantitative estimate of drug-likeness (QED) is 0.376. The molecule has 4 aromatic rings. The van der Waals surface area contributed by atoms with Crippen LogP contribution < -0.4 is 11.1 Å². The molecule has 2 amide bonds. The van der Waals surface area contributed by atoms with Crippen LogP contribution in [0.25, 0.3) is 17.1 Å². The predicted octanol–water partition coefficient (Wildman–Crippen LogP) is 4.49. The first kappa shape index (κ1) is 22.6. The van der Waals surface area contributed by atoms with Gasteiger partial charge in [0.25, 0.3) is 5.91 Å². The summed E-state index contributed by atoms with van der Waals surface area (Å²) in [5, 5.41) is 12.6. The number of thiophene rings is 1. The molecule has 11 heteroatoms. The number of primary amides is 1. The lowest BCUT2D eigenvalue weighted by Gasteiger charge is -2.14. The van der Waals surface area contributed by atoms with Gasteiger partial charge in [0, 0.05) is 11.6 Å². The van der Waals surface area contributed by atoms with Gasteiger partial charge in [-0.2, -0.15) is 0 Å². The van der Waals surface area contributed by atoms with E-state index >= 15 is 0 Å². The van der Waals surface area contributed by atoms with Gasteiger partial charge in [-0.15, -0.1) is 21.5 Å². The fourth-order valence-corrected chi connectivity index (χ4v) is 4.68. The zero-order chi connectivity index (χ0) is 23.5. The fourth-order valence-electron chi connectivity index (χ4n) is 3.03. The van der Waals surface area contributed by atoms with Crippen molar-refractivity contribution in [3.63, 3.8) is 0 Å². The van der Waals surface area contributed by atoms with E-state index in [2.05, 4.69) is 15.5 Å². The second-order valence-corrected chi connectivity index (χ2v) is 9.10. The Morgan fingerprint density at radius 3 is 2.58 bits per heavy atom. The van der Waals surface area contributed by atoms with Gasteiger partial charge in [-0.1, -0.05) is 42.1 Å². The third-order valence-electron chi connectivity index (χ3n) is 4.63. The molecular formula is C22H17F2N5O2S2. The molecule has 0 aliphatic heterocycles. The third-order valence-corrected chi connectivity index (χ3v) is 6.51. The van der Waals surface area contributed by atoms with Gasteiger partial charge < -0.3 is 11.1 Å². The maximum Gasteiger partial charge on any atom is 0.251 e. The number of amides is 2. The van der Waals surface area contributed by atoms with Gasteiger partial charge in [-0.25, -0.2) is 8.78 Å². The molecule has 0 aliphatic carbocycles. The monoisotopic (exact) mass is 485 g/mol. The fraction of sp³-hybridized carbons (Fsp3) is 0.0909. The number of hydrogen-bond donors (Lipinski definition) is 2. The van der Waals surface area contributed by atoms with Gasteiger partial charge >= 0.3 is 0 Å². The van der Waals surface area contributed by atoms with Gasteiger partial charge in [0.2, 0.25) is 5.91 Å². The Hall–Kier alpha value is -3.57. The first-order valence-corrected chi connectivity index (χ1v) is 11.4. The summed E-state index contributed by atoms with van der Waals surface area (Å²) in [6, 6.07) is 13.7. The van der Waals surface area contributed by atoms with Crippen LogP contribution in [0.15, 0.2) is 65.1 Å². The number of aromatic nitrogens is 3. The maximum absolute atomic E-state index is 14.7. The summed E-state index contributed by atoms with van der Waals surface area (Å²) in [6.45, 7) is 1.64. The van der Waals surface area contributed by atoms with Crippen molar-refractivity contribution in [3.05, 3.63) is 77.2 Å². The molecule has 2 heterocycles. The Balaban J connectivity index is 1.67. The molecule has 0 saturated carbocycles. The summed E-state index contributed by atoms with van der Waals surface area (Å²) in [4.78, 5) is 24.3. The van der Waals surface area contributed by atoms with Crippen molar-refractivity contribution in [2.45, 2.75) is 17.3 Å². The van der Waals surface area contributed by atoms with Crippen molar-refractivity contribution in [1.29, 1.82) is 0 Å². The molecule has 0 bridgehead atoms. The van der Waals surface area contributed by atoms with E-state index in [-0.39, 0.29) is 16.4 Å². The molecule has 0 saturated heterocycles. The largest absolute Gasteiger partial charge is 0.366 e.